The van der Waals surface area contributed by atoms with Crippen molar-refractivity contribution in [3.63, 3.8) is 0 Å². The number of rotatable bonds is 4. The zero-order chi connectivity index (χ0) is 13.9. The van der Waals surface area contributed by atoms with Crippen LogP contribution in [0.4, 0.5) is 0 Å². The number of ether oxygens (including phenoxy) is 2. The van der Waals surface area contributed by atoms with E-state index in [0.717, 1.165) is 5.56 Å². The first kappa shape index (κ1) is 14.5. The number of hydrogen-bond acceptors (Lipinski definition) is 4. The minimum atomic E-state index is -0.250. The van der Waals surface area contributed by atoms with Crippen molar-refractivity contribution < 1.29 is 19.4 Å². The summed E-state index contributed by atoms with van der Waals surface area (Å²) >= 11 is 0. The van der Waals surface area contributed by atoms with E-state index in [1.54, 1.807) is 25.6 Å². The van der Waals surface area contributed by atoms with Gasteiger partial charge in [0.15, 0.2) is 11.5 Å². The van der Waals surface area contributed by atoms with E-state index in [9.17, 15) is 0 Å². The molecular formula is C14H15NO4. The van der Waals surface area contributed by atoms with E-state index in [1.807, 2.05) is 30.3 Å². The molecule has 0 aliphatic heterocycles. The molecule has 1 aromatic carbocycles. The van der Waals surface area contributed by atoms with Crippen molar-refractivity contribution in [3.05, 3.63) is 54.4 Å². The Bertz CT molecular complexity index is 488. The quantitative estimate of drug-likeness (QED) is 0.856. The second kappa shape index (κ2) is 8.52. The van der Waals surface area contributed by atoms with Crippen LogP contribution in [0, 0.1) is 0 Å². The maximum absolute atomic E-state index is 8.36. The number of benzene rings is 1. The Morgan fingerprint density at radius 2 is 1.89 bits per heavy atom. The summed E-state index contributed by atoms with van der Waals surface area (Å²) in [4.78, 5) is 12.4. The molecule has 0 aliphatic rings. The molecule has 0 radical (unpaired) electrons. The minimum Gasteiger partial charge on any atom is -0.493 e. The molecule has 0 unspecified atom stereocenters. The van der Waals surface area contributed by atoms with Crippen LogP contribution in [0.3, 0.4) is 0 Å². The molecule has 0 atom stereocenters. The molecule has 0 saturated carbocycles. The molecule has 5 heteroatoms. The number of carboxylic acid groups (broad SMARTS) is 1. The largest absolute Gasteiger partial charge is 0.493 e. The molecule has 0 fully saturated rings. The van der Waals surface area contributed by atoms with Crippen LogP contribution < -0.4 is 9.47 Å². The number of hydrogen-bond donors (Lipinski definition) is 1. The number of carbonyl (C=O) groups is 1. The van der Waals surface area contributed by atoms with Gasteiger partial charge in [0.1, 0.15) is 6.61 Å². The van der Waals surface area contributed by atoms with Gasteiger partial charge in [0.2, 0.25) is 0 Å². The number of nitrogens with zero attached hydrogens (tertiary/aromatic N) is 1. The SMILES string of the molecule is COc1ccncc1OCc1ccccc1.O=CO. The van der Waals surface area contributed by atoms with Gasteiger partial charge in [0.25, 0.3) is 6.47 Å². The highest BCUT2D eigenvalue weighted by atomic mass is 16.5. The van der Waals surface area contributed by atoms with Gasteiger partial charge < -0.3 is 14.6 Å². The third kappa shape index (κ3) is 5.08. The summed E-state index contributed by atoms with van der Waals surface area (Å²) in [7, 11) is 1.62. The molecule has 0 aliphatic carbocycles. The molecule has 0 saturated heterocycles. The van der Waals surface area contributed by atoms with Crippen LogP contribution in [-0.4, -0.2) is 23.7 Å². The van der Waals surface area contributed by atoms with Crippen LogP contribution in [0.15, 0.2) is 48.8 Å². The molecular weight excluding hydrogens is 246 g/mol. The molecule has 5 nitrogen and oxygen atoms in total. The van der Waals surface area contributed by atoms with Gasteiger partial charge in [0, 0.05) is 12.3 Å². The van der Waals surface area contributed by atoms with Crippen molar-refractivity contribution >= 4 is 6.47 Å². The Labute approximate surface area is 111 Å². The van der Waals surface area contributed by atoms with Crippen LogP contribution in [0.25, 0.3) is 0 Å². The minimum absolute atomic E-state index is 0.250. The standard InChI is InChI=1S/C13H13NO2.CH2O2/c1-15-12-7-8-14-9-13(12)16-10-11-5-3-2-4-6-11;2-1-3/h2-9H,10H2,1H3;1H,(H,2,3). The maximum Gasteiger partial charge on any atom is 0.290 e. The molecule has 0 bridgehead atoms. The van der Waals surface area contributed by atoms with Gasteiger partial charge >= 0.3 is 0 Å². The first-order chi connectivity index (χ1) is 9.31. The lowest BCUT2D eigenvalue weighted by molar-refractivity contribution is -0.122. The summed E-state index contributed by atoms with van der Waals surface area (Å²) in [6.07, 6.45) is 3.33. The topological polar surface area (TPSA) is 68.7 Å². The van der Waals surface area contributed by atoms with Crippen molar-refractivity contribution in [1.82, 2.24) is 4.98 Å². The Morgan fingerprint density at radius 1 is 1.21 bits per heavy atom. The zero-order valence-electron chi connectivity index (χ0n) is 10.5. The lowest BCUT2D eigenvalue weighted by Gasteiger charge is -2.09. The normalized spacial score (nSPS) is 8.89. The molecule has 19 heavy (non-hydrogen) atoms. The molecule has 1 aromatic heterocycles. The summed E-state index contributed by atoms with van der Waals surface area (Å²) in [5, 5.41) is 6.89. The summed E-state index contributed by atoms with van der Waals surface area (Å²) in [5.41, 5.74) is 1.12. The highest BCUT2D eigenvalue weighted by molar-refractivity contribution is 5.36. The Kier molecular flexibility index (Phi) is 6.50. The van der Waals surface area contributed by atoms with Gasteiger partial charge in [-0.3, -0.25) is 9.78 Å². The second-order valence-electron chi connectivity index (χ2n) is 3.41. The number of aromatic nitrogens is 1. The van der Waals surface area contributed by atoms with Crippen molar-refractivity contribution in [1.29, 1.82) is 0 Å². The fraction of sp³-hybridized carbons (Fsp3) is 0.143. The Hall–Kier alpha value is -2.56. The molecule has 1 heterocycles. The Balaban J connectivity index is 0.000000550. The van der Waals surface area contributed by atoms with Gasteiger partial charge in [-0.2, -0.15) is 0 Å². The fourth-order valence-corrected chi connectivity index (χ4v) is 1.38. The van der Waals surface area contributed by atoms with Crippen LogP contribution >= 0.6 is 0 Å². The first-order valence-corrected chi connectivity index (χ1v) is 5.54. The highest BCUT2D eigenvalue weighted by Crippen LogP contribution is 2.25. The van der Waals surface area contributed by atoms with Crippen molar-refractivity contribution in [2.24, 2.45) is 0 Å². The number of methoxy groups -OCH3 is 1. The summed E-state index contributed by atoms with van der Waals surface area (Å²) < 4.78 is 10.8. The second-order valence-corrected chi connectivity index (χ2v) is 3.41. The van der Waals surface area contributed by atoms with E-state index in [0.29, 0.717) is 18.1 Å². The average molecular weight is 261 g/mol. The molecule has 0 spiro atoms. The van der Waals surface area contributed by atoms with Crippen LogP contribution in [0.5, 0.6) is 11.5 Å². The molecule has 1 N–H and O–H groups in total. The van der Waals surface area contributed by atoms with Crippen LogP contribution in [-0.2, 0) is 11.4 Å². The average Bonchev–Trinajstić information content (AvgIpc) is 2.47. The third-order valence-corrected chi connectivity index (χ3v) is 2.20. The molecule has 2 aromatic rings. The predicted molar refractivity (Wildman–Crippen MR) is 70.3 cm³/mol. The van der Waals surface area contributed by atoms with Crippen molar-refractivity contribution in [3.8, 4) is 11.5 Å². The predicted octanol–water partition coefficient (Wildman–Crippen LogP) is 2.37. The Morgan fingerprint density at radius 3 is 2.53 bits per heavy atom. The maximum atomic E-state index is 8.36. The fourth-order valence-electron chi connectivity index (χ4n) is 1.38. The first-order valence-electron chi connectivity index (χ1n) is 5.54. The summed E-state index contributed by atoms with van der Waals surface area (Å²) in [6, 6.07) is 11.8. The van der Waals surface area contributed by atoms with Gasteiger partial charge in [-0.25, -0.2) is 0 Å². The smallest absolute Gasteiger partial charge is 0.290 e. The number of pyridine rings is 1. The highest BCUT2D eigenvalue weighted by Gasteiger charge is 2.03. The monoisotopic (exact) mass is 261 g/mol. The van der Waals surface area contributed by atoms with Crippen molar-refractivity contribution in [2.45, 2.75) is 6.61 Å². The summed E-state index contributed by atoms with van der Waals surface area (Å²) in [6.45, 7) is 0.267. The molecule has 2 rings (SSSR count). The van der Waals surface area contributed by atoms with Gasteiger partial charge in [0.05, 0.1) is 13.3 Å². The van der Waals surface area contributed by atoms with E-state index in [4.69, 9.17) is 19.4 Å². The lowest BCUT2D eigenvalue weighted by atomic mass is 10.2. The van der Waals surface area contributed by atoms with E-state index >= 15 is 0 Å². The molecule has 100 valence electrons. The zero-order valence-corrected chi connectivity index (χ0v) is 10.5. The van der Waals surface area contributed by atoms with Crippen LogP contribution in [0.1, 0.15) is 5.56 Å². The van der Waals surface area contributed by atoms with Gasteiger partial charge in [-0.1, -0.05) is 30.3 Å². The summed E-state index contributed by atoms with van der Waals surface area (Å²) in [5.74, 6) is 1.36. The van der Waals surface area contributed by atoms with E-state index in [1.165, 1.54) is 0 Å². The van der Waals surface area contributed by atoms with E-state index in [-0.39, 0.29) is 6.47 Å². The van der Waals surface area contributed by atoms with Gasteiger partial charge in [-0.05, 0) is 5.56 Å². The lowest BCUT2D eigenvalue weighted by Crippen LogP contribution is -1.97. The molecule has 0 amide bonds. The van der Waals surface area contributed by atoms with E-state index in [2.05, 4.69) is 4.98 Å². The third-order valence-electron chi connectivity index (χ3n) is 2.20. The van der Waals surface area contributed by atoms with Gasteiger partial charge in [-0.15, -0.1) is 0 Å². The van der Waals surface area contributed by atoms with Crippen molar-refractivity contribution in [2.75, 3.05) is 7.11 Å². The van der Waals surface area contributed by atoms with E-state index < -0.39 is 0 Å². The van der Waals surface area contributed by atoms with Crippen LogP contribution in [0.2, 0.25) is 0 Å².